The smallest absolute Gasteiger partial charge is 0.215 e. The zero-order valence-electron chi connectivity index (χ0n) is 14.0. The summed E-state index contributed by atoms with van der Waals surface area (Å²) in [6.07, 6.45) is 5.27. The van der Waals surface area contributed by atoms with Crippen LogP contribution in [0.5, 0.6) is 0 Å². The molecule has 0 aliphatic heterocycles. The Hall–Kier alpha value is -2.51. The summed E-state index contributed by atoms with van der Waals surface area (Å²) in [5.74, 6) is -0.0178. The number of hydrogen-bond donors (Lipinski definition) is 1. The number of nitrogens with zero attached hydrogens (tertiary/aromatic N) is 3. The van der Waals surface area contributed by atoms with E-state index in [0.29, 0.717) is 13.1 Å². The van der Waals surface area contributed by atoms with Crippen LogP contribution in [0.4, 0.5) is 0 Å². The Morgan fingerprint density at radius 1 is 1.12 bits per heavy atom. The summed E-state index contributed by atoms with van der Waals surface area (Å²) in [4.78, 5) is 3.98. The highest BCUT2D eigenvalue weighted by Gasteiger charge is 2.11. The standard InChI is InChI=1S/C18H20N4O2S/c1-15-3-2-4-16(13-15)14-25(23,24)20-10-12-22-11-7-18(21-22)17-5-8-19-9-6-17/h2-9,11,13,20H,10,12,14H2,1H3. The fourth-order valence-corrected chi connectivity index (χ4v) is 3.67. The van der Waals surface area contributed by atoms with Crippen LogP contribution in [0.15, 0.2) is 61.1 Å². The Bertz CT molecular complexity index is 936. The van der Waals surface area contributed by atoms with E-state index in [1.807, 2.05) is 55.6 Å². The second-order valence-electron chi connectivity index (χ2n) is 5.84. The fraction of sp³-hybridized carbons (Fsp3) is 0.222. The van der Waals surface area contributed by atoms with Crippen LogP contribution in [0.25, 0.3) is 11.3 Å². The molecule has 0 saturated carbocycles. The molecular weight excluding hydrogens is 336 g/mol. The van der Waals surface area contributed by atoms with E-state index in [4.69, 9.17) is 0 Å². The van der Waals surface area contributed by atoms with Crippen molar-refractivity contribution in [3.8, 4) is 11.3 Å². The Morgan fingerprint density at radius 2 is 1.92 bits per heavy atom. The third-order valence-corrected chi connectivity index (χ3v) is 5.08. The van der Waals surface area contributed by atoms with Crippen molar-refractivity contribution in [2.24, 2.45) is 0 Å². The van der Waals surface area contributed by atoms with E-state index >= 15 is 0 Å². The molecule has 0 aliphatic carbocycles. The number of aryl methyl sites for hydroxylation is 1. The molecule has 1 N–H and O–H groups in total. The van der Waals surface area contributed by atoms with Crippen molar-refractivity contribution >= 4 is 10.0 Å². The monoisotopic (exact) mass is 356 g/mol. The first-order chi connectivity index (χ1) is 12.0. The molecule has 2 heterocycles. The molecule has 3 aromatic rings. The maximum Gasteiger partial charge on any atom is 0.215 e. The molecule has 0 atom stereocenters. The highest BCUT2D eigenvalue weighted by Crippen LogP contribution is 2.14. The van der Waals surface area contributed by atoms with Crippen LogP contribution in [-0.4, -0.2) is 29.7 Å². The lowest BCUT2D eigenvalue weighted by Gasteiger charge is -2.07. The van der Waals surface area contributed by atoms with Crippen molar-refractivity contribution in [3.63, 3.8) is 0 Å². The number of rotatable bonds is 7. The molecule has 130 valence electrons. The van der Waals surface area contributed by atoms with Crippen molar-refractivity contribution in [1.29, 1.82) is 0 Å². The summed E-state index contributed by atoms with van der Waals surface area (Å²) in [6, 6.07) is 13.2. The van der Waals surface area contributed by atoms with Gasteiger partial charge in [-0.1, -0.05) is 29.8 Å². The molecule has 25 heavy (non-hydrogen) atoms. The Balaban J connectivity index is 1.55. The lowest BCUT2D eigenvalue weighted by Crippen LogP contribution is -2.28. The van der Waals surface area contributed by atoms with Gasteiger partial charge in [0.15, 0.2) is 0 Å². The molecule has 6 nitrogen and oxygen atoms in total. The number of hydrogen-bond acceptors (Lipinski definition) is 4. The number of pyridine rings is 1. The van der Waals surface area contributed by atoms with E-state index in [9.17, 15) is 8.42 Å². The molecule has 0 bridgehead atoms. The van der Waals surface area contributed by atoms with Crippen LogP contribution in [-0.2, 0) is 22.3 Å². The largest absolute Gasteiger partial charge is 0.271 e. The summed E-state index contributed by atoms with van der Waals surface area (Å²) in [6.45, 7) is 2.71. The first kappa shape index (κ1) is 17.3. The Kier molecular flexibility index (Phi) is 5.25. The van der Waals surface area contributed by atoms with Crippen LogP contribution < -0.4 is 4.72 Å². The maximum atomic E-state index is 12.2. The first-order valence-corrected chi connectivity index (χ1v) is 9.64. The second-order valence-corrected chi connectivity index (χ2v) is 7.65. The number of aromatic nitrogens is 3. The molecule has 3 rings (SSSR count). The topological polar surface area (TPSA) is 76.9 Å². The second kappa shape index (κ2) is 7.58. The summed E-state index contributed by atoms with van der Waals surface area (Å²) < 4.78 is 28.7. The van der Waals surface area contributed by atoms with Gasteiger partial charge in [-0.3, -0.25) is 9.67 Å². The molecule has 7 heteroatoms. The minimum Gasteiger partial charge on any atom is -0.271 e. The van der Waals surface area contributed by atoms with E-state index in [1.165, 1.54) is 0 Å². The number of benzene rings is 1. The normalized spacial score (nSPS) is 11.6. The van der Waals surface area contributed by atoms with E-state index in [-0.39, 0.29) is 5.75 Å². The lowest BCUT2D eigenvalue weighted by molar-refractivity contribution is 0.560. The molecule has 0 unspecified atom stereocenters. The zero-order valence-corrected chi connectivity index (χ0v) is 14.8. The Morgan fingerprint density at radius 3 is 2.68 bits per heavy atom. The predicted octanol–water partition coefficient (Wildman–Crippen LogP) is 2.37. The van der Waals surface area contributed by atoms with Gasteiger partial charge in [-0.05, 0) is 30.7 Å². The Labute approximate surface area is 147 Å². The van der Waals surface area contributed by atoms with E-state index in [2.05, 4.69) is 14.8 Å². The van der Waals surface area contributed by atoms with Crippen molar-refractivity contribution in [1.82, 2.24) is 19.5 Å². The predicted molar refractivity (Wildman–Crippen MR) is 97.3 cm³/mol. The lowest BCUT2D eigenvalue weighted by atomic mass is 10.2. The van der Waals surface area contributed by atoms with Crippen molar-refractivity contribution in [2.75, 3.05) is 6.54 Å². The minimum absolute atomic E-state index is 0.0178. The van der Waals surface area contributed by atoms with Gasteiger partial charge in [0, 0.05) is 30.7 Å². The van der Waals surface area contributed by atoms with E-state index < -0.39 is 10.0 Å². The van der Waals surface area contributed by atoms with Gasteiger partial charge >= 0.3 is 0 Å². The van der Waals surface area contributed by atoms with Crippen molar-refractivity contribution in [3.05, 3.63) is 72.2 Å². The van der Waals surface area contributed by atoms with E-state index in [0.717, 1.165) is 22.4 Å². The van der Waals surface area contributed by atoms with Gasteiger partial charge in [-0.25, -0.2) is 13.1 Å². The van der Waals surface area contributed by atoms with Crippen LogP contribution in [0, 0.1) is 6.92 Å². The molecule has 0 saturated heterocycles. The van der Waals surface area contributed by atoms with Gasteiger partial charge in [-0.15, -0.1) is 0 Å². The van der Waals surface area contributed by atoms with Gasteiger partial charge in [-0.2, -0.15) is 5.10 Å². The molecule has 1 aromatic carbocycles. The summed E-state index contributed by atoms with van der Waals surface area (Å²) in [5, 5.41) is 4.45. The summed E-state index contributed by atoms with van der Waals surface area (Å²) in [5.41, 5.74) is 3.65. The van der Waals surface area contributed by atoms with Crippen LogP contribution in [0.1, 0.15) is 11.1 Å². The van der Waals surface area contributed by atoms with Gasteiger partial charge in [0.1, 0.15) is 0 Å². The minimum atomic E-state index is -3.37. The first-order valence-electron chi connectivity index (χ1n) is 7.99. The summed E-state index contributed by atoms with van der Waals surface area (Å²) >= 11 is 0. The van der Waals surface area contributed by atoms with Crippen molar-refractivity contribution in [2.45, 2.75) is 19.2 Å². The number of sulfonamides is 1. The third-order valence-electron chi connectivity index (χ3n) is 3.72. The molecule has 2 aromatic heterocycles. The summed E-state index contributed by atoms with van der Waals surface area (Å²) in [7, 11) is -3.37. The zero-order chi connectivity index (χ0) is 17.7. The molecule has 0 radical (unpaired) electrons. The van der Waals surface area contributed by atoms with Crippen LogP contribution in [0.3, 0.4) is 0 Å². The van der Waals surface area contributed by atoms with E-state index in [1.54, 1.807) is 17.1 Å². The number of nitrogens with one attached hydrogen (secondary N) is 1. The fourth-order valence-electron chi connectivity index (χ4n) is 2.55. The molecule has 0 aliphatic rings. The van der Waals surface area contributed by atoms with Crippen molar-refractivity contribution < 1.29 is 8.42 Å². The average Bonchev–Trinajstić information content (AvgIpc) is 3.04. The third kappa shape index (κ3) is 4.98. The molecule has 0 amide bonds. The van der Waals surface area contributed by atoms with Crippen LogP contribution >= 0.6 is 0 Å². The highest BCUT2D eigenvalue weighted by atomic mass is 32.2. The van der Waals surface area contributed by atoms with Gasteiger partial charge < -0.3 is 0 Å². The molecular formula is C18H20N4O2S. The van der Waals surface area contributed by atoms with Gasteiger partial charge in [0.2, 0.25) is 10.0 Å². The SMILES string of the molecule is Cc1cccc(CS(=O)(=O)NCCn2ccc(-c3ccncc3)n2)c1. The van der Waals surface area contributed by atoms with Gasteiger partial charge in [0.25, 0.3) is 0 Å². The van der Waals surface area contributed by atoms with Crippen LogP contribution in [0.2, 0.25) is 0 Å². The maximum absolute atomic E-state index is 12.2. The highest BCUT2D eigenvalue weighted by molar-refractivity contribution is 7.88. The van der Waals surface area contributed by atoms with Gasteiger partial charge in [0.05, 0.1) is 18.0 Å². The quantitative estimate of drug-likeness (QED) is 0.705. The average molecular weight is 356 g/mol. The molecule has 0 fully saturated rings. The molecule has 0 spiro atoms.